The molecule has 0 spiro atoms. The van der Waals surface area contributed by atoms with Gasteiger partial charge in [0.25, 0.3) is 0 Å². The fourth-order valence-corrected chi connectivity index (χ4v) is 3.23. The van der Waals surface area contributed by atoms with E-state index in [4.69, 9.17) is 0 Å². The first-order chi connectivity index (χ1) is 6.43. The molecule has 84 valence electrons. The average molecular weight is 198 g/mol. The molecule has 1 nitrogen and oxygen atoms in total. The van der Waals surface area contributed by atoms with Crippen LogP contribution in [0.25, 0.3) is 0 Å². The van der Waals surface area contributed by atoms with Crippen molar-refractivity contribution >= 4 is 0 Å². The molecule has 0 bridgehead atoms. The zero-order valence-electron chi connectivity index (χ0n) is 10.3. The van der Waals surface area contributed by atoms with Crippen LogP contribution in [0.3, 0.4) is 0 Å². The average Bonchev–Trinajstić information content (AvgIpc) is 2.07. The zero-order valence-corrected chi connectivity index (χ0v) is 10.3. The second kappa shape index (κ2) is 4.65. The molecule has 14 heavy (non-hydrogen) atoms. The molecule has 1 fully saturated rings. The monoisotopic (exact) mass is 198 g/mol. The SMILES string of the molecule is CC(C)C1CC(O)CC(C(C)C)C1C. The second-order valence-corrected chi connectivity index (χ2v) is 5.80. The summed E-state index contributed by atoms with van der Waals surface area (Å²) in [6, 6.07) is 0. The fraction of sp³-hybridized carbons (Fsp3) is 1.00. The van der Waals surface area contributed by atoms with Crippen molar-refractivity contribution in [1.82, 2.24) is 0 Å². The summed E-state index contributed by atoms with van der Waals surface area (Å²) in [5, 5.41) is 9.87. The van der Waals surface area contributed by atoms with Crippen LogP contribution in [0.5, 0.6) is 0 Å². The van der Waals surface area contributed by atoms with E-state index in [2.05, 4.69) is 34.6 Å². The Morgan fingerprint density at radius 3 is 1.57 bits per heavy atom. The van der Waals surface area contributed by atoms with Gasteiger partial charge in [-0.15, -0.1) is 0 Å². The largest absolute Gasteiger partial charge is 0.393 e. The van der Waals surface area contributed by atoms with Crippen molar-refractivity contribution in [2.75, 3.05) is 0 Å². The van der Waals surface area contributed by atoms with Gasteiger partial charge in [-0.05, 0) is 42.4 Å². The highest BCUT2D eigenvalue weighted by Crippen LogP contribution is 2.41. The molecule has 1 aliphatic carbocycles. The van der Waals surface area contributed by atoms with Crippen molar-refractivity contribution in [2.45, 2.75) is 53.6 Å². The van der Waals surface area contributed by atoms with E-state index in [0.717, 1.165) is 18.8 Å². The predicted molar refractivity (Wildman–Crippen MR) is 61.1 cm³/mol. The number of aliphatic hydroxyl groups is 1. The summed E-state index contributed by atoms with van der Waals surface area (Å²) in [6.45, 7) is 11.5. The van der Waals surface area contributed by atoms with Crippen LogP contribution in [-0.4, -0.2) is 11.2 Å². The van der Waals surface area contributed by atoms with Crippen LogP contribution in [0.15, 0.2) is 0 Å². The maximum Gasteiger partial charge on any atom is 0.0546 e. The van der Waals surface area contributed by atoms with Crippen LogP contribution < -0.4 is 0 Å². The van der Waals surface area contributed by atoms with Gasteiger partial charge in [0.05, 0.1) is 6.10 Å². The van der Waals surface area contributed by atoms with Crippen molar-refractivity contribution in [3.63, 3.8) is 0 Å². The lowest BCUT2D eigenvalue weighted by Crippen LogP contribution is -2.38. The van der Waals surface area contributed by atoms with Gasteiger partial charge in [-0.1, -0.05) is 34.6 Å². The molecule has 1 heteroatoms. The summed E-state index contributed by atoms with van der Waals surface area (Å²) >= 11 is 0. The van der Waals surface area contributed by atoms with E-state index >= 15 is 0 Å². The molecule has 1 N–H and O–H groups in total. The first-order valence-corrected chi connectivity index (χ1v) is 6.11. The minimum Gasteiger partial charge on any atom is -0.393 e. The minimum absolute atomic E-state index is 0.0500. The van der Waals surface area contributed by atoms with Gasteiger partial charge in [0.2, 0.25) is 0 Å². The molecule has 0 aliphatic heterocycles. The quantitative estimate of drug-likeness (QED) is 0.721. The molecule has 0 aromatic carbocycles. The van der Waals surface area contributed by atoms with E-state index in [9.17, 15) is 5.11 Å². The van der Waals surface area contributed by atoms with Crippen LogP contribution >= 0.6 is 0 Å². The van der Waals surface area contributed by atoms with Crippen LogP contribution in [0.2, 0.25) is 0 Å². The van der Waals surface area contributed by atoms with Crippen molar-refractivity contribution in [1.29, 1.82) is 0 Å². The third-order valence-corrected chi connectivity index (χ3v) is 4.15. The smallest absolute Gasteiger partial charge is 0.0546 e. The zero-order chi connectivity index (χ0) is 10.9. The number of rotatable bonds is 2. The number of aliphatic hydroxyl groups excluding tert-OH is 1. The molecule has 2 unspecified atom stereocenters. The molecule has 0 amide bonds. The van der Waals surface area contributed by atoms with Crippen LogP contribution in [-0.2, 0) is 0 Å². The molecule has 1 saturated carbocycles. The van der Waals surface area contributed by atoms with Crippen molar-refractivity contribution in [3.05, 3.63) is 0 Å². The summed E-state index contributed by atoms with van der Waals surface area (Å²) < 4.78 is 0. The number of hydrogen-bond acceptors (Lipinski definition) is 1. The topological polar surface area (TPSA) is 20.2 Å². The Balaban J connectivity index is 2.70. The Hall–Kier alpha value is -0.0400. The lowest BCUT2D eigenvalue weighted by Gasteiger charge is -2.42. The Morgan fingerprint density at radius 1 is 0.929 bits per heavy atom. The highest BCUT2D eigenvalue weighted by atomic mass is 16.3. The summed E-state index contributed by atoms with van der Waals surface area (Å²) in [5.41, 5.74) is 0. The van der Waals surface area contributed by atoms with Gasteiger partial charge in [-0.25, -0.2) is 0 Å². The van der Waals surface area contributed by atoms with Crippen LogP contribution in [0.1, 0.15) is 47.5 Å². The van der Waals surface area contributed by atoms with E-state index in [1.54, 1.807) is 0 Å². The molecule has 0 aromatic rings. The van der Waals surface area contributed by atoms with E-state index < -0.39 is 0 Å². The van der Waals surface area contributed by atoms with Gasteiger partial charge in [0, 0.05) is 0 Å². The third-order valence-electron chi connectivity index (χ3n) is 4.15. The van der Waals surface area contributed by atoms with E-state index in [0.29, 0.717) is 23.7 Å². The van der Waals surface area contributed by atoms with Gasteiger partial charge in [0.1, 0.15) is 0 Å². The van der Waals surface area contributed by atoms with Crippen LogP contribution in [0, 0.1) is 29.6 Å². The predicted octanol–water partition coefficient (Wildman–Crippen LogP) is 3.32. The lowest BCUT2D eigenvalue weighted by molar-refractivity contribution is -0.000330. The molecule has 0 aromatic heterocycles. The maximum absolute atomic E-state index is 9.87. The standard InChI is InChI=1S/C13H26O/c1-8(2)12-6-11(14)7-13(9(3)4)10(12)5/h8-14H,6-7H2,1-5H3. The molecule has 0 radical (unpaired) electrons. The molecule has 1 aliphatic rings. The Kier molecular flexibility index (Phi) is 4.00. The van der Waals surface area contributed by atoms with E-state index in [1.807, 2.05) is 0 Å². The fourth-order valence-electron chi connectivity index (χ4n) is 3.23. The Labute approximate surface area is 88.9 Å². The van der Waals surface area contributed by atoms with Gasteiger partial charge in [-0.2, -0.15) is 0 Å². The van der Waals surface area contributed by atoms with Gasteiger partial charge >= 0.3 is 0 Å². The second-order valence-electron chi connectivity index (χ2n) is 5.80. The van der Waals surface area contributed by atoms with E-state index in [1.165, 1.54) is 0 Å². The van der Waals surface area contributed by atoms with Gasteiger partial charge in [0.15, 0.2) is 0 Å². The minimum atomic E-state index is -0.0500. The highest BCUT2D eigenvalue weighted by Gasteiger charge is 2.36. The van der Waals surface area contributed by atoms with Crippen molar-refractivity contribution < 1.29 is 5.11 Å². The third kappa shape index (κ3) is 2.50. The summed E-state index contributed by atoms with van der Waals surface area (Å²) in [5.74, 6) is 3.62. The van der Waals surface area contributed by atoms with E-state index in [-0.39, 0.29) is 6.10 Å². The Morgan fingerprint density at radius 2 is 1.29 bits per heavy atom. The summed E-state index contributed by atoms with van der Waals surface area (Å²) in [6.07, 6.45) is 1.98. The Bertz CT molecular complexity index is 156. The maximum atomic E-state index is 9.87. The van der Waals surface area contributed by atoms with Crippen molar-refractivity contribution in [3.8, 4) is 0 Å². The lowest BCUT2D eigenvalue weighted by atomic mass is 9.64. The molecular weight excluding hydrogens is 172 g/mol. The van der Waals surface area contributed by atoms with Crippen LogP contribution in [0.4, 0.5) is 0 Å². The first kappa shape index (κ1) is 12.0. The number of hydrogen-bond donors (Lipinski definition) is 1. The van der Waals surface area contributed by atoms with Gasteiger partial charge < -0.3 is 5.11 Å². The highest BCUT2D eigenvalue weighted by molar-refractivity contribution is 4.86. The summed E-state index contributed by atoms with van der Waals surface area (Å²) in [4.78, 5) is 0. The molecule has 0 heterocycles. The van der Waals surface area contributed by atoms with Gasteiger partial charge in [-0.3, -0.25) is 0 Å². The molecule has 1 rings (SSSR count). The molecule has 0 saturated heterocycles. The normalized spacial score (nSPS) is 39.4. The molecule has 2 atom stereocenters. The first-order valence-electron chi connectivity index (χ1n) is 6.11. The van der Waals surface area contributed by atoms with Crippen molar-refractivity contribution in [2.24, 2.45) is 29.6 Å². The summed E-state index contributed by atoms with van der Waals surface area (Å²) in [7, 11) is 0. The molecular formula is C13H26O.